The second-order valence-corrected chi connectivity index (χ2v) is 5.91. The zero-order valence-corrected chi connectivity index (χ0v) is 9.91. The molecule has 0 aromatic heterocycles. The van der Waals surface area contributed by atoms with Crippen LogP contribution in [0.1, 0.15) is 20.8 Å². The van der Waals surface area contributed by atoms with Crippen molar-refractivity contribution in [2.24, 2.45) is 0 Å². The molecule has 1 atom stereocenters. The lowest BCUT2D eigenvalue weighted by atomic mass is 10.3. The van der Waals surface area contributed by atoms with E-state index in [1.165, 1.54) is 11.8 Å². The highest BCUT2D eigenvalue weighted by atomic mass is 32.2. The largest absolute Gasteiger partial charge is 0.385 e. The first-order valence-corrected chi connectivity index (χ1v) is 5.58. The molecule has 6 heteroatoms. The molecule has 1 amide bonds. The SMILES string of the molecule is CC(C)(C)SCC(=O)NCC(O)C(F)F. The van der Waals surface area contributed by atoms with Gasteiger partial charge in [-0.2, -0.15) is 0 Å². The summed E-state index contributed by atoms with van der Waals surface area (Å²) in [6.07, 6.45) is -4.60. The van der Waals surface area contributed by atoms with Gasteiger partial charge in [0.1, 0.15) is 6.10 Å². The van der Waals surface area contributed by atoms with Crippen LogP contribution in [0.25, 0.3) is 0 Å². The van der Waals surface area contributed by atoms with Crippen LogP contribution >= 0.6 is 11.8 Å². The molecule has 90 valence electrons. The van der Waals surface area contributed by atoms with E-state index in [2.05, 4.69) is 5.32 Å². The lowest BCUT2D eigenvalue weighted by molar-refractivity contribution is -0.119. The molecule has 0 aliphatic heterocycles. The van der Waals surface area contributed by atoms with Crippen molar-refractivity contribution in [3.8, 4) is 0 Å². The van der Waals surface area contributed by atoms with Crippen LogP contribution in [0.4, 0.5) is 8.78 Å². The van der Waals surface area contributed by atoms with Crippen LogP contribution in [-0.4, -0.2) is 40.6 Å². The zero-order valence-electron chi connectivity index (χ0n) is 9.09. The van der Waals surface area contributed by atoms with Crippen molar-refractivity contribution in [2.75, 3.05) is 12.3 Å². The van der Waals surface area contributed by atoms with Crippen molar-refractivity contribution < 1.29 is 18.7 Å². The number of halogens is 2. The van der Waals surface area contributed by atoms with E-state index < -0.39 is 19.1 Å². The second kappa shape index (κ2) is 6.27. The van der Waals surface area contributed by atoms with Gasteiger partial charge in [0.2, 0.25) is 5.91 Å². The number of rotatable bonds is 5. The Labute approximate surface area is 92.6 Å². The van der Waals surface area contributed by atoms with Gasteiger partial charge in [0.05, 0.1) is 5.75 Å². The summed E-state index contributed by atoms with van der Waals surface area (Å²) >= 11 is 1.42. The van der Waals surface area contributed by atoms with E-state index in [0.29, 0.717) is 0 Å². The van der Waals surface area contributed by atoms with Crippen LogP contribution in [0, 0.1) is 0 Å². The third-order valence-corrected chi connectivity index (χ3v) is 2.71. The summed E-state index contributed by atoms with van der Waals surface area (Å²) in [7, 11) is 0. The van der Waals surface area contributed by atoms with E-state index in [9.17, 15) is 13.6 Å². The maximum absolute atomic E-state index is 11.8. The summed E-state index contributed by atoms with van der Waals surface area (Å²) in [5.41, 5.74) is 0. The van der Waals surface area contributed by atoms with Gasteiger partial charge in [-0.3, -0.25) is 4.79 Å². The van der Waals surface area contributed by atoms with Gasteiger partial charge >= 0.3 is 0 Å². The van der Waals surface area contributed by atoms with Gasteiger partial charge in [0.15, 0.2) is 0 Å². The Morgan fingerprint density at radius 2 is 2.00 bits per heavy atom. The van der Waals surface area contributed by atoms with Gasteiger partial charge in [-0.25, -0.2) is 8.78 Å². The molecule has 0 saturated heterocycles. The zero-order chi connectivity index (χ0) is 12.1. The van der Waals surface area contributed by atoms with Crippen molar-refractivity contribution in [3.05, 3.63) is 0 Å². The molecule has 0 bridgehead atoms. The molecular formula is C9H17F2NO2S. The number of aliphatic hydroxyl groups is 1. The molecule has 0 aliphatic rings. The third kappa shape index (κ3) is 8.62. The monoisotopic (exact) mass is 241 g/mol. The Morgan fingerprint density at radius 3 is 2.40 bits per heavy atom. The number of nitrogens with one attached hydrogen (secondary N) is 1. The molecule has 15 heavy (non-hydrogen) atoms. The van der Waals surface area contributed by atoms with Crippen molar-refractivity contribution in [2.45, 2.75) is 38.0 Å². The fourth-order valence-electron chi connectivity index (χ4n) is 0.641. The molecular weight excluding hydrogens is 224 g/mol. The van der Waals surface area contributed by atoms with Gasteiger partial charge in [0.25, 0.3) is 6.43 Å². The lowest BCUT2D eigenvalue weighted by Gasteiger charge is -2.17. The summed E-state index contributed by atoms with van der Waals surface area (Å²) in [4.78, 5) is 11.1. The van der Waals surface area contributed by atoms with Crippen molar-refractivity contribution in [1.29, 1.82) is 0 Å². The maximum Gasteiger partial charge on any atom is 0.265 e. The number of carbonyl (C=O) groups is 1. The van der Waals surface area contributed by atoms with Gasteiger partial charge in [0, 0.05) is 11.3 Å². The van der Waals surface area contributed by atoms with Gasteiger partial charge in [-0.05, 0) is 0 Å². The summed E-state index contributed by atoms with van der Waals surface area (Å²) < 4.78 is 23.7. The molecule has 0 heterocycles. The first kappa shape index (κ1) is 14.6. The molecule has 0 fully saturated rings. The van der Waals surface area contributed by atoms with E-state index in [-0.39, 0.29) is 16.4 Å². The van der Waals surface area contributed by atoms with Gasteiger partial charge in [-0.1, -0.05) is 20.8 Å². The average Bonchev–Trinajstić information content (AvgIpc) is 2.09. The highest BCUT2D eigenvalue weighted by Crippen LogP contribution is 2.22. The number of thioether (sulfide) groups is 1. The van der Waals surface area contributed by atoms with E-state index in [1.807, 2.05) is 20.8 Å². The number of alkyl halides is 2. The predicted octanol–water partition coefficient (Wildman–Crippen LogP) is 1.26. The average molecular weight is 241 g/mol. The highest BCUT2D eigenvalue weighted by molar-refractivity contribution is 8.01. The van der Waals surface area contributed by atoms with Crippen LogP contribution in [0.2, 0.25) is 0 Å². The fraction of sp³-hybridized carbons (Fsp3) is 0.889. The van der Waals surface area contributed by atoms with E-state index in [0.717, 1.165) is 0 Å². The van der Waals surface area contributed by atoms with Crippen molar-refractivity contribution in [1.82, 2.24) is 5.32 Å². The molecule has 0 aliphatic carbocycles. The maximum atomic E-state index is 11.8. The topological polar surface area (TPSA) is 49.3 Å². The molecule has 1 unspecified atom stereocenters. The molecule has 0 rings (SSSR count). The summed E-state index contributed by atoms with van der Waals surface area (Å²) in [5.74, 6) is -0.131. The number of aliphatic hydroxyl groups excluding tert-OH is 1. The Morgan fingerprint density at radius 1 is 1.47 bits per heavy atom. The number of hydrogen-bond acceptors (Lipinski definition) is 3. The van der Waals surface area contributed by atoms with Gasteiger partial charge in [-0.15, -0.1) is 11.8 Å². The summed E-state index contributed by atoms with van der Waals surface area (Å²) in [5, 5.41) is 11.0. The normalized spacial score (nSPS) is 14.1. The first-order valence-electron chi connectivity index (χ1n) is 4.59. The first-order chi connectivity index (χ1) is 6.72. The fourth-order valence-corrected chi connectivity index (χ4v) is 1.31. The predicted molar refractivity (Wildman–Crippen MR) is 57.2 cm³/mol. The quantitative estimate of drug-likeness (QED) is 0.762. The van der Waals surface area contributed by atoms with Crippen LogP contribution in [0.5, 0.6) is 0 Å². The summed E-state index contributed by atoms with van der Waals surface area (Å²) in [6, 6.07) is 0. The van der Waals surface area contributed by atoms with Crippen LogP contribution in [0.15, 0.2) is 0 Å². The minimum atomic E-state index is -2.82. The minimum absolute atomic E-state index is 0.0430. The Balaban J connectivity index is 3.67. The molecule has 0 saturated carbocycles. The summed E-state index contributed by atoms with van der Waals surface area (Å²) in [6.45, 7) is 5.47. The lowest BCUT2D eigenvalue weighted by Crippen LogP contribution is -2.37. The molecule has 0 aromatic carbocycles. The molecule has 2 N–H and O–H groups in total. The highest BCUT2D eigenvalue weighted by Gasteiger charge is 2.18. The number of amides is 1. The molecule has 0 aromatic rings. The van der Waals surface area contributed by atoms with E-state index >= 15 is 0 Å². The van der Waals surface area contributed by atoms with Crippen molar-refractivity contribution >= 4 is 17.7 Å². The Hall–Kier alpha value is -0.360. The van der Waals surface area contributed by atoms with E-state index in [4.69, 9.17) is 5.11 Å². The molecule has 3 nitrogen and oxygen atoms in total. The van der Waals surface area contributed by atoms with E-state index in [1.54, 1.807) is 0 Å². The number of carbonyl (C=O) groups excluding carboxylic acids is 1. The third-order valence-electron chi connectivity index (χ3n) is 1.44. The van der Waals surface area contributed by atoms with Gasteiger partial charge < -0.3 is 10.4 Å². The molecule has 0 spiro atoms. The smallest absolute Gasteiger partial charge is 0.265 e. The van der Waals surface area contributed by atoms with Crippen LogP contribution in [-0.2, 0) is 4.79 Å². The molecule has 0 radical (unpaired) electrons. The van der Waals surface area contributed by atoms with Crippen LogP contribution in [0.3, 0.4) is 0 Å². The number of hydrogen-bond donors (Lipinski definition) is 2. The van der Waals surface area contributed by atoms with Crippen molar-refractivity contribution in [3.63, 3.8) is 0 Å². The van der Waals surface area contributed by atoms with Crippen LogP contribution < -0.4 is 5.32 Å². The Bertz CT molecular complexity index is 207. The second-order valence-electron chi connectivity index (χ2n) is 4.11. The Kier molecular flexibility index (Phi) is 6.12. The minimum Gasteiger partial charge on any atom is -0.385 e. The standard InChI is InChI=1S/C9H17F2NO2S/c1-9(2,3)15-5-7(14)12-4-6(13)8(10)11/h6,8,13H,4-5H2,1-3H3,(H,12,14).